The molecule has 1 N–H and O–H groups in total. The van der Waals surface area contributed by atoms with Crippen LogP contribution in [-0.2, 0) is 0 Å². The number of ether oxygens (including phenoxy) is 1. The van der Waals surface area contributed by atoms with E-state index in [1.54, 1.807) is 24.5 Å². The average molecular weight is 358 g/mol. The van der Waals surface area contributed by atoms with Crippen LogP contribution in [0.2, 0.25) is 0 Å². The lowest BCUT2D eigenvalue weighted by Crippen LogP contribution is -2.00. The van der Waals surface area contributed by atoms with E-state index in [4.69, 9.17) is 4.74 Å². The van der Waals surface area contributed by atoms with E-state index in [0.29, 0.717) is 17.4 Å². The SMILES string of the molecule is CCCCCOc1ccc(Nc2nc(-c3cncnc3)cs2)cc1F. The maximum Gasteiger partial charge on any atom is 0.187 e. The molecule has 7 heteroatoms. The third-order valence-electron chi connectivity index (χ3n) is 3.55. The Balaban J connectivity index is 1.63. The lowest BCUT2D eigenvalue weighted by Gasteiger charge is -2.09. The van der Waals surface area contributed by atoms with Crippen LogP contribution >= 0.6 is 11.3 Å². The number of aromatic nitrogens is 3. The summed E-state index contributed by atoms with van der Waals surface area (Å²) in [5, 5.41) is 5.69. The number of hydrogen-bond acceptors (Lipinski definition) is 6. The van der Waals surface area contributed by atoms with Gasteiger partial charge in [-0.05, 0) is 18.6 Å². The maximum atomic E-state index is 14.1. The van der Waals surface area contributed by atoms with Gasteiger partial charge in [-0.2, -0.15) is 0 Å². The molecule has 0 spiro atoms. The van der Waals surface area contributed by atoms with Crippen molar-refractivity contribution < 1.29 is 9.13 Å². The molecule has 0 saturated heterocycles. The second-order valence-corrected chi connectivity index (χ2v) is 6.35. The zero-order chi connectivity index (χ0) is 17.5. The summed E-state index contributed by atoms with van der Waals surface area (Å²) in [6.45, 7) is 2.66. The van der Waals surface area contributed by atoms with Gasteiger partial charge in [0.05, 0.1) is 12.3 Å². The van der Waals surface area contributed by atoms with Crippen molar-refractivity contribution in [3.05, 3.63) is 48.1 Å². The zero-order valence-electron chi connectivity index (χ0n) is 13.9. The molecule has 1 aromatic carbocycles. The number of nitrogens with one attached hydrogen (secondary N) is 1. The quantitative estimate of drug-likeness (QED) is 0.571. The third-order valence-corrected chi connectivity index (χ3v) is 4.31. The molecule has 0 aliphatic carbocycles. The molecule has 130 valence electrons. The van der Waals surface area contributed by atoms with Crippen molar-refractivity contribution in [2.24, 2.45) is 0 Å². The fraction of sp³-hybridized carbons (Fsp3) is 0.278. The van der Waals surface area contributed by atoms with Crippen molar-refractivity contribution in [1.29, 1.82) is 0 Å². The van der Waals surface area contributed by atoms with Gasteiger partial charge in [0.15, 0.2) is 16.7 Å². The van der Waals surface area contributed by atoms with Gasteiger partial charge in [-0.1, -0.05) is 19.8 Å². The number of halogens is 1. The Bertz CT molecular complexity index is 810. The Morgan fingerprint density at radius 1 is 1.20 bits per heavy atom. The van der Waals surface area contributed by atoms with Crippen molar-refractivity contribution in [2.45, 2.75) is 26.2 Å². The summed E-state index contributed by atoms with van der Waals surface area (Å²) in [6, 6.07) is 4.84. The van der Waals surface area contributed by atoms with E-state index >= 15 is 0 Å². The summed E-state index contributed by atoms with van der Waals surface area (Å²) >= 11 is 1.44. The summed E-state index contributed by atoms with van der Waals surface area (Å²) in [4.78, 5) is 12.4. The molecule has 0 atom stereocenters. The van der Waals surface area contributed by atoms with Gasteiger partial charge in [0.25, 0.3) is 0 Å². The second kappa shape index (κ2) is 8.53. The van der Waals surface area contributed by atoms with Gasteiger partial charge in [-0.25, -0.2) is 19.3 Å². The predicted octanol–water partition coefficient (Wildman–Crippen LogP) is 5.05. The number of unbranched alkanes of at least 4 members (excludes halogenated alkanes) is 2. The van der Waals surface area contributed by atoms with Gasteiger partial charge >= 0.3 is 0 Å². The first kappa shape index (κ1) is 17.3. The van der Waals surface area contributed by atoms with E-state index in [2.05, 4.69) is 27.2 Å². The normalized spacial score (nSPS) is 10.6. The first-order valence-electron chi connectivity index (χ1n) is 8.16. The van der Waals surface area contributed by atoms with Crippen molar-refractivity contribution in [1.82, 2.24) is 15.0 Å². The van der Waals surface area contributed by atoms with Crippen molar-refractivity contribution in [3.63, 3.8) is 0 Å². The van der Waals surface area contributed by atoms with Crippen LogP contribution in [-0.4, -0.2) is 21.6 Å². The molecule has 0 aliphatic heterocycles. The zero-order valence-corrected chi connectivity index (χ0v) is 14.7. The molecule has 3 rings (SSSR count). The fourth-order valence-electron chi connectivity index (χ4n) is 2.25. The predicted molar refractivity (Wildman–Crippen MR) is 97.8 cm³/mol. The van der Waals surface area contributed by atoms with Gasteiger partial charge in [-0.3, -0.25) is 0 Å². The van der Waals surface area contributed by atoms with E-state index in [0.717, 1.165) is 30.5 Å². The van der Waals surface area contributed by atoms with Crippen molar-refractivity contribution in [3.8, 4) is 17.0 Å². The molecule has 0 saturated carbocycles. The number of hydrogen-bond donors (Lipinski definition) is 1. The standard InChI is InChI=1S/C18H19FN4OS/c1-2-3-4-7-24-17-6-5-14(8-15(17)19)22-18-23-16(11-25-18)13-9-20-12-21-10-13/h5-6,8-12H,2-4,7H2,1H3,(H,22,23). The van der Waals surface area contributed by atoms with Crippen LogP contribution in [0.1, 0.15) is 26.2 Å². The number of anilines is 2. The van der Waals surface area contributed by atoms with Gasteiger partial charge < -0.3 is 10.1 Å². The Kier molecular flexibility index (Phi) is 5.90. The van der Waals surface area contributed by atoms with Crippen LogP contribution in [0, 0.1) is 5.82 Å². The molecule has 0 unspecified atom stereocenters. The molecule has 0 bridgehead atoms. The Morgan fingerprint density at radius 2 is 2.04 bits per heavy atom. The minimum absolute atomic E-state index is 0.280. The summed E-state index contributed by atoms with van der Waals surface area (Å²) in [7, 11) is 0. The highest BCUT2D eigenvalue weighted by Crippen LogP contribution is 2.28. The molecule has 0 fully saturated rings. The molecule has 0 amide bonds. The molecular weight excluding hydrogens is 339 g/mol. The minimum Gasteiger partial charge on any atom is -0.491 e. The molecule has 0 aliphatic rings. The number of thiazole rings is 1. The molecular formula is C18H19FN4OS. The average Bonchev–Trinajstić information content (AvgIpc) is 3.09. The topological polar surface area (TPSA) is 59.9 Å². The number of rotatable bonds is 8. The summed E-state index contributed by atoms with van der Waals surface area (Å²) < 4.78 is 19.6. The highest BCUT2D eigenvalue weighted by molar-refractivity contribution is 7.14. The van der Waals surface area contributed by atoms with Gasteiger partial charge in [0.1, 0.15) is 6.33 Å². The molecule has 25 heavy (non-hydrogen) atoms. The Hall–Kier alpha value is -2.54. The number of benzene rings is 1. The van der Waals surface area contributed by atoms with Crippen LogP contribution in [0.4, 0.5) is 15.2 Å². The van der Waals surface area contributed by atoms with E-state index < -0.39 is 0 Å². The van der Waals surface area contributed by atoms with Crippen LogP contribution in [0.5, 0.6) is 5.75 Å². The van der Waals surface area contributed by atoms with Crippen LogP contribution in [0.25, 0.3) is 11.3 Å². The van der Waals surface area contributed by atoms with Crippen molar-refractivity contribution in [2.75, 3.05) is 11.9 Å². The first-order chi connectivity index (χ1) is 12.3. The smallest absolute Gasteiger partial charge is 0.187 e. The monoisotopic (exact) mass is 358 g/mol. The lowest BCUT2D eigenvalue weighted by atomic mass is 10.2. The van der Waals surface area contributed by atoms with Gasteiger partial charge in [-0.15, -0.1) is 11.3 Å². The van der Waals surface area contributed by atoms with Crippen LogP contribution in [0.15, 0.2) is 42.3 Å². The molecule has 3 aromatic rings. The summed E-state index contributed by atoms with van der Waals surface area (Å²) in [6.07, 6.45) is 8.01. The fourth-order valence-corrected chi connectivity index (χ4v) is 2.99. The lowest BCUT2D eigenvalue weighted by molar-refractivity contribution is 0.291. The van der Waals surface area contributed by atoms with Gasteiger partial charge in [0, 0.05) is 35.1 Å². The second-order valence-electron chi connectivity index (χ2n) is 5.49. The molecule has 5 nitrogen and oxygen atoms in total. The van der Waals surface area contributed by atoms with E-state index in [1.807, 2.05) is 5.38 Å². The Morgan fingerprint density at radius 3 is 2.80 bits per heavy atom. The molecule has 2 aromatic heterocycles. The van der Waals surface area contributed by atoms with Crippen LogP contribution < -0.4 is 10.1 Å². The summed E-state index contributed by atoms with van der Waals surface area (Å²) in [5.74, 6) is -0.0994. The Labute approximate surface area is 149 Å². The number of nitrogens with zero attached hydrogens (tertiary/aromatic N) is 3. The van der Waals surface area contributed by atoms with Crippen molar-refractivity contribution >= 4 is 22.2 Å². The van der Waals surface area contributed by atoms with Crippen LogP contribution in [0.3, 0.4) is 0 Å². The minimum atomic E-state index is -0.380. The first-order valence-corrected chi connectivity index (χ1v) is 9.04. The highest BCUT2D eigenvalue weighted by atomic mass is 32.1. The largest absolute Gasteiger partial charge is 0.491 e. The van der Waals surface area contributed by atoms with E-state index in [1.165, 1.54) is 23.7 Å². The third kappa shape index (κ3) is 4.73. The highest BCUT2D eigenvalue weighted by Gasteiger charge is 2.08. The van der Waals surface area contributed by atoms with E-state index in [-0.39, 0.29) is 11.6 Å². The van der Waals surface area contributed by atoms with E-state index in [9.17, 15) is 4.39 Å². The molecule has 2 heterocycles. The molecule has 0 radical (unpaired) electrons. The maximum absolute atomic E-state index is 14.1. The summed E-state index contributed by atoms with van der Waals surface area (Å²) in [5.41, 5.74) is 2.25. The van der Waals surface area contributed by atoms with Gasteiger partial charge in [0.2, 0.25) is 0 Å².